The lowest BCUT2D eigenvalue weighted by Gasteiger charge is -2.16. The summed E-state index contributed by atoms with van der Waals surface area (Å²) in [6.45, 7) is 0. The van der Waals surface area contributed by atoms with Crippen molar-refractivity contribution in [3.8, 4) is 0 Å². The number of aliphatic carboxylic acids is 2. The summed E-state index contributed by atoms with van der Waals surface area (Å²) in [6, 6.07) is 3.67. The number of carboxylic acid groups (broad SMARTS) is 2. The fourth-order valence-corrected chi connectivity index (χ4v) is 1.55. The molecular formula is C11H12N2O6. The van der Waals surface area contributed by atoms with Crippen molar-refractivity contribution in [2.24, 2.45) is 11.7 Å². The third kappa shape index (κ3) is 3.75. The van der Waals surface area contributed by atoms with Crippen molar-refractivity contribution in [3.63, 3.8) is 0 Å². The number of benzene rings is 1. The molecule has 0 aliphatic carbocycles. The second-order valence-corrected chi connectivity index (χ2v) is 3.94. The van der Waals surface area contributed by atoms with Crippen LogP contribution in [0.4, 0.5) is 5.69 Å². The number of hydrogen-bond donors (Lipinski definition) is 3. The van der Waals surface area contributed by atoms with Crippen LogP contribution in [0, 0.1) is 16.0 Å². The largest absolute Gasteiger partial charge is 0.481 e. The smallest absolute Gasteiger partial charge is 0.321 e. The molecule has 1 aromatic carbocycles. The highest BCUT2D eigenvalue weighted by Crippen LogP contribution is 2.16. The number of carbonyl (C=O) groups is 2. The topological polar surface area (TPSA) is 144 Å². The summed E-state index contributed by atoms with van der Waals surface area (Å²) in [5.41, 5.74) is 5.64. The van der Waals surface area contributed by atoms with Gasteiger partial charge in [-0.1, -0.05) is 12.1 Å². The van der Waals surface area contributed by atoms with Gasteiger partial charge in [0.2, 0.25) is 0 Å². The molecule has 1 aromatic rings. The van der Waals surface area contributed by atoms with E-state index in [0.717, 1.165) is 0 Å². The third-order valence-electron chi connectivity index (χ3n) is 2.64. The fraction of sp³-hybridized carbons (Fsp3) is 0.273. The molecule has 0 aliphatic rings. The van der Waals surface area contributed by atoms with E-state index in [4.69, 9.17) is 15.9 Å². The standard InChI is InChI=1S/C11H12N2O6/c12-9(11(16)17)8(10(14)15)5-6-1-3-7(4-2-6)13(18)19/h1-4,8-9H,5,12H2,(H,14,15)(H,16,17)/t8?,9-/m0/s1. The molecule has 1 unspecified atom stereocenters. The quantitative estimate of drug-likeness (QED) is 0.495. The van der Waals surface area contributed by atoms with Crippen LogP contribution >= 0.6 is 0 Å². The average Bonchev–Trinajstić information content (AvgIpc) is 2.35. The van der Waals surface area contributed by atoms with E-state index in [1.807, 2.05) is 0 Å². The number of nitro groups is 1. The summed E-state index contributed by atoms with van der Waals surface area (Å²) in [6.07, 6.45) is -0.110. The van der Waals surface area contributed by atoms with Gasteiger partial charge in [-0.05, 0) is 12.0 Å². The molecule has 0 saturated carbocycles. The van der Waals surface area contributed by atoms with Gasteiger partial charge in [-0.25, -0.2) is 0 Å². The molecule has 0 aromatic heterocycles. The van der Waals surface area contributed by atoms with Crippen LogP contribution < -0.4 is 5.73 Å². The summed E-state index contributed by atoms with van der Waals surface area (Å²) in [7, 11) is 0. The van der Waals surface area contributed by atoms with Gasteiger partial charge in [0.05, 0.1) is 10.8 Å². The van der Waals surface area contributed by atoms with Gasteiger partial charge in [0.1, 0.15) is 6.04 Å². The minimum absolute atomic E-state index is 0.110. The summed E-state index contributed by atoms with van der Waals surface area (Å²) < 4.78 is 0. The molecule has 4 N–H and O–H groups in total. The molecule has 0 bridgehead atoms. The zero-order chi connectivity index (χ0) is 14.6. The van der Waals surface area contributed by atoms with Crippen molar-refractivity contribution in [2.75, 3.05) is 0 Å². The number of nitrogens with two attached hydrogens (primary N) is 1. The second kappa shape index (κ2) is 5.91. The van der Waals surface area contributed by atoms with Crippen LogP contribution in [0.25, 0.3) is 0 Å². The molecule has 0 fully saturated rings. The molecule has 8 nitrogen and oxygen atoms in total. The third-order valence-corrected chi connectivity index (χ3v) is 2.64. The molecule has 0 radical (unpaired) electrons. The Hall–Kier alpha value is -2.48. The lowest BCUT2D eigenvalue weighted by Crippen LogP contribution is -2.43. The Morgan fingerprint density at radius 2 is 1.74 bits per heavy atom. The highest BCUT2D eigenvalue weighted by Gasteiger charge is 2.30. The maximum atomic E-state index is 11.0. The molecule has 1 rings (SSSR count). The van der Waals surface area contributed by atoms with Gasteiger partial charge in [-0.3, -0.25) is 19.7 Å². The van der Waals surface area contributed by atoms with Crippen LogP contribution in [0.3, 0.4) is 0 Å². The van der Waals surface area contributed by atoms with Crippen molar-refractivity contribution in [1.82, 2.24) is 0 Å². The fourth-order valence-electron chi connectivity index (χ4n) is 1.55. The van der Waals surface area contributed by atoms with Crippen molar-refractivity contribution in [2.45, 2.75) is 12.5 Å². The predicted octanol–water partition coefficient (Wildman–Crippen LogP) is 0.250. The van der Waals surface area contributed by atoms with Gasteiger partial charge >= 0.3 is 11.9 Å². The SMILES string of the molecule is N[C@H](C(=O)O)C(Cc1ccc([N+](=O)[O-])cc1)C(=O)O. The summed E-state index contributed by atoms with van der Waals surface area (Å²) in [5, 5.41) is 28.1. The minimum atomic E-state index is -1.53. The van der Waals surface area contributed by atoms with Crippen LogP contribution in [0.1, 0.15) is 5.56 Å². The van der Waals surface area contributed by atoms with Gasteiger partial charge in [0, 0.05) is 12.1 Å². The number of hydrogen-bond acceptors (Lipinski definition) is 5. The normalized spacial score (nSPS) is 13.5. The van der Waals surface area contributed by atoms with E-state index in [0.29, 0.717) is 5.56 Å². The molecule has 0 saturated heterocycles. The Labute approximate surface area is 107 Å². The monoisotopic (exact) mass is 268 g/mol. The average molecular weight is 268 g/mol. The highest BCUT2D eigenvalue weighted by atomic mass is 16.6. The molecule has 0 aliphatic heterocycles. The molecule has 0 heterocycles. The number of non-ortho nitro benzene ring substituents is 1. The van der Waals surface area contributed by atoms with E-state index in [1.165, 1.54) is 24.3 Å². The molecule has 19 heavy (non-hydrogen) atoms. The Bertz CT molecular complexity index is 498. The first-order valence-electron chi connectivity index (χ1n) is 5.27. The van der Waals surface area contributed by atoms with E-state index < -0.39 is 28.8 Å². The number of carboxylic acids is 2. The number of nitrogens with zero attached hydrogens (tertiary/aromatic N) is 1. The second-order valence-electron chi connectivity index (χ2n) is 3.94. The number of rotatable bonds is 6. The van der Waals surface area contributed by atoms with E-state index in [9.17, 15) is 19.7 Å². The van der Waals surface area contributed by atoms with Crippen molar-refractivity contribution < 1.29 is 24.7 Å². The summed E-state index contributed by atoms with van der Waals surface area (Å²) in [4.78, 5) is 31.5. The van der Waals surface area contributed by atoms with Gasteiger partial charge in [-0.2, -0.15) is 0 Å². The van der Waals surface area contributed by atoms with E-state index in [1.54, 1.807) is 0 Å². The molecule has 0 amide bonds. The molecular weight excluding hydrogens is 256 g/mol. The van der Waals surface area contributed by atoms with Gasteiger partial charge < -0.3 is 15.9 Å². The lowest BCUT2D eigenvalue weighted by molar-refractivity contribution is -0.384. The highest BCUT2D eigenvalue weighted by molar-refractivity contribution is 5.82. The Morgan fingerprint density at radius 1 is 1.21 bits per heavy atom. The zero-order valence-corrected chi connectivity index (χ0v) is 9.72. The van der Waals surface area contributed by atoms with E-state index in [2.05, 4.69) is 0 Å². The number of nitro benzene ring substituents is 1. The molecule has 0 spiro atoms. The lowest BCUT2D eigenvalue weighted by atomic mass is 9.92. The first-order valence-corrected chi connectivity index (χ1v) is 5.27. The van der Waals surface area contributed by atoms with Crippen LogP contribution in [-0.2, 0) is 16.0 Å². The van der Waals surface area contributed by atoms with Crippen LogP contribution in [0.2, 0.25) is 0 Å². The maximum absolute atomic E-state index is 11.0. The van der Waals surface area contributed by atoms with Gasteiger partial charge in [0.15, 0.2) is 0 Å². The van der Waals surface area contributed by atoms with Crippen molar-refractivity contribution in [3.05, 3.63) is 39.9 Å². The maximum Gasteiger partial charge on any atom is 0.321 e. The van der Waals surface area contributed by atoms with Crippen molar-refractivity contribution in [1.29, 1.82) is 0 Å². The van der Waals surface area contributed by atoms with Gasteiger partial charge in [0.25, 0.3) is 5.69 Å². The van der Waals surface area contributed by atoms with Crippen LogP contribution in [0.5, 0.6) is 0 Å². The Morgan fingerprint density at radius 3 is 2.11 bits per heavy atom. The molecule has 2 atom stereocenters. The molecule has 8 heteroatoms. The predicted molar refractivity (Wildman–Crippen MR) is 63.5 cm³/mol. The van der Waals surface area contributed by atoms with Gasteiger partial charge in [-0.15, -0.1) is 0 Å². The molecule has 102 valence electrons. The van der Waals surface area contributed by atoms with Crippen LogP contribution in [0.15, 0.2) is 24.3 Å². The first kappa shape index (κ1) is 14.6. The zero-order valence-electron chi connectivity index (χ0n) is 9.72. The first-order chi connectivity index (χ1) is 8.82. The van der Waals surface area contributed by atoms with E-state index in [-0.39, 0.29) is 12.1 Å². The van der Waals surface area contributed by atoms with Crippen LogP contribution in [-0.4, -0.2) is 33.1 Å². The van der Waals surface area contributed by atoms with E-state index >= 15 is 0 Å². The van der Waals surface area contributed by atoms with Crippen molar-refractivity contribution >= 4 is 17.6 Å². The summed E-state index contributed by atoms with van der Waals surface area (Å²) in [5.74, 6) is -4.03. The Kier molecular flexibility index (Phi) is 4.54. The summed E-state index contributed by atoms with van der Waals surface area (Å²) >= 11 is 0. The Balaban J connectivity index is 2.88. The minimum Gasteiger partial charge on any atom is -0.481 e.